The van der Waals surface area contributed by atoms with Crippen molar-refractivity contribution < 1.29 is 32.2 Å². The monoisotopic (exact) mass is 514 g/mol. The number of ether oxygens (including phenoxy) is 1. The van der Waals surface area contributed by atoms with Crippen LogP contribution in [0.25, 0.3) is 11.3 Å². The number of halogens is 5. The molecule has 3 rings (SSSR count). The summed E-state index contributed by atoms with van der Waals surface area (Å²) in [5.41, 5.74) is -1.38. The first-order chi connectivity index (χ1) is 16.1. The molecule has 7 nitrogen and oxygen atoms in total. The van der Waals surface area contributed by atoms with Gasteiger partial charge in [-0.2, -0.15) is 13.2 Å². The second-order valence-electron chi connectivity index (χ2n) is 8.50. The number of amides is 1. The normalized spacial score (nSPS) is 13.0. The van der Waals surface area contributed by atoms with E-state index in [9.17, 15) is 23.1 Å². The maximum Gasteiger partial charge on any atom is 0.425 e. The molecule has 0 aliphatic rings. The Bertz CT molecular complexity index is 1250. The fraction of sp³-hybridized carbons (Fsp3) is 0.348. The minimum atomic E-state index is -4.75. The molecule has 3 aromatic rings. The third-order valence-corrected chi connectivity index (χ3v) is 5.42. The number of rotatable bonds is 6. The highest BCUT2D eigenvalue weighted by Crippen LogP contribution is 2.35. The van der Waals surface area contributed by atoms with E-state index in [-0.39, 0.29) is 27.9 Å². The van der Waals surface area contributed by atoms with Crippen LogP contribution < -0.4 is 10.1 Å². The van der Waals surface area contributed by atoms with Gasteiger partial charge in [0.2, 0.25) is 0 Å². The number of aliphatic hydroxyl groups is 1. The van der Waals surface area contributed by atoms with Crippen LogP contribution >= 0.6 is 11.6 Å². The number of carbonyl (C=O) groups is 1. The number of anilines is 1. The third-order valence-electron chi connectivity index (χ3n) is 5.13. The van der Waals surface area contributed by atoms with Crippen molar-refractivity contribution in [1.29, 1.82) is 0 Å². The number of benzene rings is 1. The first kappa shape index (κ1) is 26.4. The second kappa shape index (κ2) is 9.46. The van der Waals surface area contributed by atoms with Crippen LogP contribution in [0.4, 0.5) is 23.2 Å². The maximum atomic E-state index is 15.2. The molecule has 188 valence electrons. The molecule has 2 N–H and O–H groups in total. The van der Waals surface area contributed by atoms with E-state index >= 15 is 4.39 Å². The molecule has 0 saturated heterocycles. The second-order valence-corrected chi connectivity index (χ2v) is 8.86. The number of hydrogen-bond acceptors (Lipinski definition) is 5. The number of nitrogens with zero attached hydrogens (tertiary/aromatic N) is 3. The summed E-state index contributed by atoms with van der Waals surface area (Å²) < 4.78 is 61.4. The summed E-state index contributed by atoms with van der Waals surface area (Å²) in [6.07, 6.45) is -4.23. The van der Waals surface area contributed by atoms with Crippen molar-refractivity contribution in [2.24, 2.45) is 7.05 Å². The number of imidazole rings is 1. The van der Waals surface area contributed by atoms with E-state index in [4.69, 9.17) is 16.3 Å². The molecule has 0 aliphatic carbocycles. The summed E-state index contributed by atoms with van der Waals surface area (Å²) in [5.74, 6) is -2.20. The van der Waals surface area contributed by atoms with Gasteiger partial charge in [-0.3, -0.25) is 4.79 Å². The first-order valence-electron chi connectivity index (χ1n) is 10.4. The number of hydrogen-bond donors (Lipinski definition) is 2. The maximum absolute atomic E-state index is 15.2. The predicted octanol–water partition coefficient (Wildman–Crippen LogP) is 5.39. The molecular weight excluding hydrogens is 492 g/mol. The van der Waals surface area contributed by atoms with Gasteiger partial charge in [0.15, 0.2) is 11.3 Å². The summed E-state index contributed by atoms with van der Waals surface area (Å²) in [4.78, 5) is 21.1. The molecule has 2 heterocycles. The average molecular weight is 515 g/mol. The van der Waals surface area contributed by atoms with Gasteiger partial charge in [-0.25, -0.2) is 14.4 Å². The van der Waals surface area contributed by atoms with E-state index in [2.05, 4.69) is 15.3 Å². The fourth-order valence-corrected chi connectivity index (χ4v) is 3.56. The Hall–Kier alpha value is -3.18. The zero-order valence-electron chi connectivity index (χ0n) is 19.5. The molecule has 1 aromatic carbocycles. The van der Waals surface area contributed by atoms with Crippen molar-refractivity contribution in [3.63, 3.8) is 0 Å². The van der Waals surface area contributed by atoms with E-state index in [1.54, 1.807) is 20.0 Å². The summed E-state index contributed by atoms with van der Waals surface area (Å²) in [7, 11) is 1.58. The van der Waals surface area contributed by atoms with Gasteiger partial charge >= 0.3 is 6.18 Å². The lowest BCUT2D eigenvalue weighted by atomic mass is 10.1. The van der Waals surface area contributed by atoms with Gasteiger partial charge in [0, 0.05) is 25.0 Å². The van der Waals surface area contributed by atoms with Crippen LogP contribution in [0.1, 0.15) is 42.5 Å². The van der Waals surface area contributed by atoms with E-state index in [1.807, 2.05) is 0 Å². The van der Waals surface area contributed by atoms with Crippen LogP contribution in [0.2, 0.25) is 5.15 Å². The highest BCUT2D eigenvalue weighted by atomic mass is 35.5. The molecule has 0 spiro atoms. The standard InChI is InChI=1S/C23H23ClF4N4O3/c1-11-6-7-29-19(24)18(11)31-20(33)14-8-15(25)13(9-17(14)35-12(2)23(26,27)28)16-10-32(5)21(30-16)22(3,4)34/h6-10,12,34H,1-5H3,(H,31,33). The Morgan fingerprint density at radius 2 is 1.94 bits per heavy atom. The van der Waals surface area contributed by atoms with E-state index in [0.29, 0.717) is 5.56 Å². The molecule has 1 atom stereocenters. The van der Waals surface area contributed by atoms with Crippen molar-refractivity contribution in [2.45, 2.75) is 45.6 Å². The number of nitrogens with one attached hydrogen (secondary N) is 1. The molecule has 0 bridgehead atoms. The minimum absolute atomic E-state index is 0.0322. The summed E-state index contributed by atoms with van der Waals surface area (Å²) >= 11 is 6.02. The number of carbonyl (C=O) groups excluding carboxylic acids is 1. The molecule has 0 aliphatic heterocycles. The molecule has 0 radical (unpaired) electrons. The van der Waals surface area contributed by atoms with E-state index in [1.165, 1.54) is 30.8 Å². The zero-order chi connectivity index (χ0) is 26.3. The smallest absolute Gasteiger partial charge is 0.425 e. The SMILES string of the molecule is Cc1ccnc(Cl)c1NC(=O)c1cc(F)c(-c2cn(C)c(C(C)(C)O)n2)cc1OC(C)C(F)(F)F. The van der Waals surface area contributed by atoms with Crippen molar-refractivity contribution in [3.8, 4) is 17.0 Å². The molecule has 1 unspecified atom stereocenters. The zero-order valence-corrected chi connectivity index (χ0v) is 20.2. The van der Waals surface area contributed by atoms with Crippen molar-refractivity contribution in [2.75, 3.05) is 5.32 Å². The highest BCUT2D eigenvalue weighted by molar-refractivity contribution is 6.33. The Kier molecular flexibility index (Phi) is 7.14. The fourth-order valence-electron chi connectivity index (χ4n) is 3.30. The van der Waals surface area contributed by atoms with Crippen LogP contribution in [0.15, 0.2) is 30.6 Å². The highest BCUT2D eigenvalue weighted by Gasteiger charge is 2.39. The third kappa shape index (κ3) is 5.73. The summed E-state index contributed by atoms with van der Waals surface area (Å²) in [6, 6.07) is 3.30. The van der Waals surface area contributed by atoms with Crippen molar-refractivity contribution >= 4 is 23.2 Å². The lowest BCUT2D eigenvalue weighted by Crippen LogP contribution is -2.32. The molecule has 1 amide bonds. The Balaban J connectivity index is 2.12. The Labute approximate surface area is 203 Å². The lowest BCUT2D eigenvalue weighted by molar-refractivity contribution is -0.189. The first-order valence-corrected chi connectivity index (χ1v) is 10.7. The van der Waals surface area contributed by atoms with Crippen LogP contribution in [-0.4, -0.2) is 37.8 Å². The number of alkyl halides is 3. The predicted molar refractivity (Wildman–Crippen MR) is 122 cm³/mol. The van der Waals surface area contributed by atoms with Crippen molar-refractivity contribution in [1.82, 2.24) is 14.5 Å². The van der Waals surface area contributed by atoms with Gasteiger partial charge in [0.1, 0.15) is 23.0 Å². The van der Waals surface area contributed by atoms with Gasteiger partial charge in [-0.15, -0.1) is 0 Å². The van der Waals surface area contributed by atoms with Crippen LogP contribution in [-0.2, 0) is 12.6 Å². The lowest BCUT2D eigenvalue weighted by Gasteiger charge is -2.20. The Morgan fingerprint density at radius 3 is 2.49 bits per heavy atom. The van der Waals surface area contributed by atoms with Crippen LogP contribution in [0.3, 0.4) is 0 Å². The van der Waals surface area contributed by atoms with Crippen LogP contribution in [0.5, 0.6) is 5.75 Å². The molecule has 35 heavy (non-hydrogen) atoms. The van der Waals surface area contributed by atoms with Gasteiger partial charge in [-0.1, -0.05) is 11.6 Å². The average Bonchev–Trinajstić information content (AvgIpc) is 3.12. The molecule has 12 heteroatoms. The molecule has 2 aromatic heterocycles. The summed E-state index contributed by atoms with van der Waals surface area (Å²) in [6.45, 7) is 5.36. The van der Waals surface area contributed by atoms with Gasteiger partial charge in [0.05, 0.1) is 16.9 Å². The number of pyridine rings is 1. The topological polar surface area (TPSA) is 89.3 Å². The minimum Gasteiger partial charge on any atom is -0.480 e. The van der Waals surface area contributed by atoms with Crippen LogP contribution in [0, 0.1) is 12.7 Å². The summed E-state index contributed by atoms with van der Waals surface area (Å²) in [5, 5.41) is 12.7. The van der Waals surface area contributed by atoms with E-state index < -0.39 is 40.9 Å². The van der Waals surface area contributed by atoms with Gasteiger partial charge in [0.25, 0.3) is 5.91 Å². The quantitative estimate of drug-likeness (QED) is 0.340. The number of aromatic nitrogens is 3. The van der Waals surface area contributed by atoms with Crippen molar-refractivity contribution in [3.05, 3.63) is 58.5 Å². The van der Waals surface area contributed by atoms with Gasteiger partial charge < -0.3 is 19.7 Å². The molecule has 0 saturated carbocycles. The van der Waals surface area contributed by atoms with E-state index in [0.717, 1.165) is 19.1 Å². The molecule has 0 fully saturated rings. The molecular formula is C23H23ClF4N4O3. The number of aryl methyl sites for hydroxylation is 2. The van der Waals surface area contributed by atoms with Gasteiger partial charge in [-0.05, 0) is 51.5 Å². The Morgan fingerprint density at radius 1 is 1.29 bits per heavy atom. The largest absolute Gasteiger partial charge is 0.480 e.